The fourth-order valence-corrected chi connectivity index (χ4v) is 5.11. The molecule has 4 heteroatoms. The van der Waals surface area contributed by atoms with Crippen LogP contribution in [-0.4, -0.2) is 23.9 Å². The summed E-state index contributed by atoms with van der Waals surface area (Å²) in [5.74, 6) is 0.817. The topological polar surface area (TPSA) is 58.2 Å². The van der Waals surface area contributed by atoms with Crippen LogP contribution >= 0.6 is 0 Å². The third-order valence-electron chi connectivity index (χ3n) is 7.14. The van der Waals surface area contributed by atoms with Crippen LogP contribution in [0.5, 0.6) is 0 Å². The van der Waals surface area contributed by atoms with Gasteiger partial charge in [-0.25, -0.2) is 0 Å². The quantitative estimate of drug-likeness (QED) is 0.791. The molecule has 0 bridgehead atoms. The normalized spacial score (nSPS) is 30.3. The number of hydrogen-bond acceptors (Lipinski definition) is 2. The van der Waals surface area contributed by atoms with Gasteiger partial charge in [0.25, 0.3) is 0 Å². The van der Waals surface area contributed by atoms with E-state index in [9.17, 15) is 9.59 Å². The Bertz CT molecular complexity index is 476. The molecule has 0 radical (unpaired) electrons. The minimum atomic E-state index is -0.0668. The van der Waals surface area contributed by atoms with Crippen molar-refractivity contribution in [1.29, 1.82) is 0 Å². The molecule has 3 aliphatic carbocycles. The van der Waals surface area contributed by atoms with Crippen molar-refractivity contribution in [3.63, 3.8) is 0 Å². The summed E-state index contributed by atoms with van der Waals surface area (Å²) in [4.78, 5) is 25.0. The maximum atomic E-state index is 12.6. The molecule has 0 aliphatic heterocycles. The van der Waals surface area contributed by atoms with Gasteiger partial charge in [0.2, 0.25) is 11.8 Å². The molecule has 0 aromatic rings. The van der Waals surface area contributed by atoms with Gasteiger partial charge in [0.1, 0.15) is 0 Å². The molecule has 0 heterocycles. The molecule has 25 heavy (non-hydrogen) atoms. The van der Waals surface area contributed by atoms with Gasteiger partial charge in [-0.05, 0) is 43.4 Å². The molecule has 2 N–H and O–H groups in total. The zero-order valence-electron chi connectivity index (χ0n) is 16.1. The standard InChI is InChI=1S/C21H36N2O2/c1-21(2)15(14-19(24)22-16-9-5-3-6-10-16)13-18(21)20(25)23-17-11-7-4-8-12-17/h15-18H,3-14H2,1-2H3,(H,22,24)(H,23,25)/t15-,18-/m1/s1. The summed E-state index contributed by atoms with van der Waals surface area (Å²) in [5.41, 5.74) is -0.0668. The molecule has 0 saturated heterocycles. The molecule has 142 valence electrons. The van der Waals surface area contributed by atoms with Gasteiger partial charge in [-0.3, -0.25) is 9.59 Å². The van der Waals surface area contributed by atoms with Crippen molar-refractivity contribution in [3.8, 4) is 0 Å². The van der Waals surface area contributed by atoms with Crippen molar-refractivity contribution >= 4 is 11.8 Å². The fourth-order valence-electron chi connectivity index (χ4n) is 5.11. The van der Waals surface area contributed by atoms with Crippen LogP contribution in [0.1, 0.15) is 90.9 Å². The molecule has 0 spiro atoms. The largest absolute Gasteiger partial charge is 0.353 e. The Kier molecular flexibility index (Phi) is 6.06. The highest BCUT2D eigenvalue weighted by molar-refractivity contribution is 5.82. The number of amides is 2. The van der Waals surface area contributed by atoms with Crippen LogP contribution in [0.2, 0.25) is 0 Å². The first-order chi connectivity index (χ1) is 12.0. The maximum Gasteiger partial charge on any atom is 0.223 e. The van der Waals surface area contributed by atoms with Gasteiger partial charge < -0.3 is 10.6 Å². The van der Waals surface area contributed by atoms with Gasteiger partial charge in [-0.2, -0.15) is 0 Å². The molecular formula is C21H36N2O2. The molecule has 0 aromatic heterocycles. The van der Waals surface area contributed by atoms with Crippen LogP contribution in [0.15, 0.2) is 0 Å². The Hall–Kier alpha value is -1.06. The Morgan fingerprint density at radius 1 is 0.840 bits per heavy atom. The van der Waals surface area contributed by atoms with Crippen molar-refractivity contribution in [2.24, 2.45) is 17.3 Å². The van der Waals surface area contributed by atoms with E-state index in [2.05, 4.69) is 24.5 Å². The highest BCUT2D eigenvalue weighted by Crippen LogP contribution is 2.53. The predicted octanol–water partition coefficient (Wildman–Crippen LogP) is 3.94. The van der Waals surface area contributed by atoms with E-state index in [1.807, 2.05) is 0 Å². The van der Waals surface area contributed by atoms with Gasteiger partial charge in [0, 0.05) is 24.4 Å². The maximum absolute atomic E-state index is 12.6. The average molecular weight is 349 g/mol. The van der Waals surface area contributed by atoms with E-state index < -0.39 is 0 Å². The van der Waals surface area contributed by atoms with Crippen molar-refractivity contribution in [3.05, 3.63) is 0 Å². The fraction of sp³-hybridized carbons (Fsp3) is 0.905. The zero-order valence-corrected chi connectivity index (χ0v) is 16.1. The van der Waals surface area contributed by atoms with Crippen molar-refractivity contribution in [2.75, 3.05) is 0 Å². The third-order valence-corrected chi connectivity index (χ3v) is 7.14. The van der Waals surface area contributed by atoms with Crippen LogP contribution in [0.4, 0.5) is 0 Å². The van der Waals surface area contributed by atoms with Crippen molar-refractivity contribution < 1.29 is 9.59 Å². The summed E-state index contributed by atoms with van der Waals surface area (Å²) in [6.07, 6.45) is 13.5. The monoisotopic (exact) mass is 348 g/mol. The van der Waals surface area contributed by atoms with E-state index in [-0.39, 0.29) is 23.1 Å². The van der Waals surface area contributed by atoms with Gasteiger partial charge in [0.15, 0.2) is 0 Å². The second-order valence-electron chi connectivity index (χ2n) is 9.26. The van der Waals surface area contributed by atoms with Crippen LogP contribution in [0.25, 0.3) is 0 Å². The highest BCUT2D eigenvalue weighted by atomic mass is 16.2. The smallest absolute Gasteiger partial charge is 0.223 e. The molecule has 3 fully saturated rings. The van der Waals surface area contributed by atoms with E-state index in [1.165, 1.54) is 38.5 Å². The van der Waals surface area contributed by atoms with E-state index in [0.717, 1.165) is 32.1 Å². The van der Waals surface area contributed by atoms with Gasteiger partial charge in [-0.1, -0.05) is 52.4 Å². The summed E-state index contributed by atoms with van der Waals surface area (Å²) >= 11 is 0. The number of carbonyl (C=O) groups is 2. The lowest BCUT2D eigenvalue weighted by molar-refractivity contribution is -0.145. The molecule has 2 amide bonds. The lowest BCUT2D eigenvalue weighted by Gasteiger charge is -2.51. The first kappa shape index (κ1) is 18.7. The number of hydrogen-bond donors (Lipinski definition) is 2. The van der Waals surface area contributed by atoms with Crippen LogP contribution in [0.3, 0.4) is 0 Å². The van der Waals surface area contributed by atoms with Crippen molar-refractivity contribution in [1.82, 2.24) is 10.6 Å². The number of rotatable bonds is 5. The highest BCUT2D eigenvalue weighted by Gasteiger charge is 2.52. The molecule has 4 nitrogen and oxygen atoms in total. The lowest BCUT2D eigenvalue weighted by atomic mass is 9.53. The summed E-state index contributed by atoms with van der Waals surface area (Å²) < 4.78 is 0. The first-order valence-corrected chi connectivity index (χ1v) is 10.6. The molecular weight excluding hydrogens is 312 g/mol. The third kappa shape index (κ3) is 4.57. The first-order valence-electron chi connectivity index (χ1n) is 10.6. The predicted molar refractivity (Wildman–Crippen MR) is 100 cm³/mol. The Balaban J connectivity index is 1.43. The molecule has 3 aliphatic rings. The summed E-state index contributed by atoms with van der Waals surface area (Å²) in [6.45, 7) is 4.33. The van der Waals surface area contributed by atoms with Gasteiger partial charge in [-0.15, -0.1) is 0 Å². The minimum absolute atomic E-state index is 0.0668. The zero-order chi connectivity index (χ0) is 17.9. The van der Waals surface area contributed by atoms with E-state index in [1.54, 1.807) is 0 Å². The molecule has 3 saturated carbocycles. The Morgan fingerprint density at radius 3 is 1.88 bits per heavy atom. The summed E-state index contributed by atoms with van der Waals surface area (Å²) in [6, 6.07) is 0.764. The van der Waals surface area contributed by atoms with Gasteiger partial charge >= 0.3 is 0 Å². The van der Waals surface area contributed by atoms with E-state index in [0.29, 0.717) is 24.4 Å². The van der Waals surface area contributed by atoms with E-state index >= 15 is 0 Å². The SMILES string of the molecule is CC1(C)[C@@H](CC(=O)NC2CCCCC2)C[C@@H]1C(=O)NC1CCCCC1. The Morgan fingerprint density at radius 2 is 1.36 bits per heavy atom. The van der Waals surface area contributed by atoms with Crippen molar-refractivity contribution in [2.45, 2.75) is 103 Å². The van der Waals surface area contributed by atoms with Gasteiger partial charge in [0.05, 0.1) is 0 Å². The molecule has 0 unspecified atom stereocenters. The molecule has 0 aromatic carbocycles. The number of carbonyl (C=O) groups excluding carboxylic acids is 2. The summed E-state index contributed by atoms with van der Waals surface area (Å²) in [5, 5.41) is 6.50. The second kappa shape index (κ2) is 8.09. The van der Waals surface area contributed by atoms with Crippen LogP contribution in [-0.2, 0) is 9.59 Å². The summed E-state index contributed by atoms with van der Waals surface area (Å²) in [7, 11) is 0. The number of nitrogens with one attached hydrogen (secondary N) is 2. The minimum Gasteiger partial charge on any atom is -0.353 e. The Labute approximate surface area is 152 Å². The second-order valence-corrected chi connectivity index (χ2v) is 9.26. The van der Waals surface area contributed by atoms with Crippen LogP contribution < -0.4 is 10.6 Å². The average Bonchev–Trinajstić information content (AvgIpc) is 2.60. The molecule has 3 rings (SSSR count). The van der Waals surface area contributed by atoms with E-state index in [4.69, 9.17) is 0 Å². The molecule has 2 atom stereocenters. The lowest BCUT2D eigenvalue weighted by Crippen LogP contribution is -2.55. The van der Waals surface area contributed by atoms with Crippen LogP contribution in [0, 0.1) is 17.3 Å².